The van der Waals surface area contributed by atoms with Crippen LogP contribution >= 0.6 is 0 Å². The minimum atomic E-state index is 0.161. The molecule has 4 rings (SSSR count). The molecule has 0 spiro atoms. The molecule has 3 heteroatoms. The van der Waals surface area contributed by atoms with E-state index in [4.69, 9.17) is 9.47 Å². The smallest absolute Gasteiger partial charge is 0.124 e. The second-order valence-electron chi connectivity index (χ2n) is 9.05. The molecule has 1 aliphatic heterocycles. The molecule has 1 fully saturated rings. The summed E-state index contributed by atoms with van der Waals surface area (Å²) >= 11 is 0. The fourth-order valence-electron chi connectivity index (χ4n) is 4.49. The lowest BCUT2D eigenvalue weighted by Gasteiger charge is -2.31. The van der Waals surface area contributed by atoms with Gasteiger partial charge < -0.3 is 14.8 Å². The Morgan fingerprint density at radius 3 is 2.55 bits per heavy atom. The van der Waals surface area contributed by atoms with E-state index in [-0.39, 0.29) is 6.10 Å². The van der Waals surface area contributed by atoms with Gasteiger partial charge in [0.2, 0.25) is 0 Å². The van der Waals surface area contributed by atoms with Crippen LogP contribution in [-0.4, -0.2) is 18.7 Å². The average molecular weight is 394 g/mol. The predicted octanol–water partition coefficient (Wildman–Crippen LogP) is 6.08. The maximum absolute atomic E-state index is 6.34. The van der Waals surface area contributed by atoms with Crippen LogP contribution in [0.2, 0.25) is 0 Å². The fraction of sp³-hybridized carbons (Fsp3) is 0.538. The number of nitrogens with one attached hydrogen (secondary N) is 1. The SMILES string of the molecule is CC(C)CCNC1CCC(Oc2ccc3c(c2)CCC(c2ccccc2)O3)CC1. The number of hydrogen-bond acceptors (Lipinski definition) is 3. The predicted molar refractivity (Wildman–Crippen MR) is 119 cm³/mol. The van der Waals surface area contributed by atoms with Gasteiger partial charge in [-0.1, -0.05) is 44.2 Å². The average Bonchev–Trinajstić information content (AvgIpc) is 2.75. The summed E-state index contributed by atoms with van der Waals surface area (Å²) in [5, 5.41) is 3.72. The first kappa shape index (κ1) is 20.3. The lowest BCUT2D eigenvalue weighted by Crippen LogP contribution is -2.37. The highest BCUT2D eigenvalue weighted by atomic mass is 16.5. The molecule has 2 aliphatic rings. The lowest BCUT2D eigenvalue weighted by molar-refractivity contribution is 0.138. The highest BCUT2D eigenvalue weighted by Crippen LogP contribution is 2.37. The zero-order chi connectivity index (χ0) is 20.1. The molecule has 0 bridgehead atoms. The van der Waals surface area contributed by atoms with Crippen LogP contribution in [0.1, 0.15) is 69.6 Å². The quantitative estimate of drug-likeness (QED) is 0.618. The van der Waals surface area contributed by atoms with Crippen molar-refractivity contribution in [1.82, 2.24) is 5.32 Å². The summed E-state index contributed by atoms with van der Waals surface area (Å²) in [5.74, 6) is 2.79. The van der Waals surface area contributed by atoms with Gasteiger partial charge in [0.1, 0.15) is 17.6 Å². The lowest BCUT2D eigenvalue weighted by atomic mass is 9.92. The number of ether oxygens (including phenoxy) is 2. The standard InChI is InChI=1S/C26H35NO2/c1-19(2)16-17-27-22-9-11-23(12-10-22)28-24-13-15-26-21(18-24)8-14-25(29-26)20-6-4-3-5-7-20/h3-7,13,15,18-19,22-23,25,27H,8-12,14,16-17H2,1-2H3. The van der Waals surface area contributed by atoms with E-state index in [0.29, 0.717) is 12.1 Å². The summed E-state index contributed by atoms with van der Waals surface area (Å²) in [6.45, 7) is 5.72. The number of benzene rings is 2. The maximum Gasteiger partial charge on any atom is 0.124 e. The molecule has 1 aliphatic carbocycles. The van der Waals surface area contributed by atoms with Crippen LogP contribution in [-0.2, 0) is 6.42 Å². The Hall–Kier alpha value is -2.00. The molecule has 2 aromatic rings. The molecule has 1 atom stereocenters. The Labute approximate surface area is 175 Å². The fourth-order valence-corrected chi connectivity index (χ4v) is 4.49. The van der Waals surface area contributed by atoms with E-state index in [1.807, 2.05) is 0 Å². The Balaban J connectivity index is 1.27. The second kappa shape index (κ2) is 9.67. The topological polar surface area (TPSA) is 30.5 Å². The second-order valence-corrected chi connectivity index (χ2v) is 9.05. The highest BCUT2D eigenvalue weighted by Gasteiger charge is 2.24. The molecule has 29 heavy (non-hydrogen) atoms. The van der Waals surface area contributed by atoms with Crippen LogP contribution in [0.3, 0.4) is 0 Å². The van der Waals surface area contributed by atoms with Crippen molar-refractivity contribution in [2.24, 2.45) is 5.92 Å². The summed E-state index contributed by atoms with van der Waals surface area (Å²) in [6.07, 6.45) is 8.55. The molecule has 0 aromatic heterocycles. The van der Waals surface area contributed by atoms with Gasteiger partial charge >= 0.3 is 0 Å². The van der Waals surface area contributed by atoms with Crippen LogP contribution in [0, 0.1) is 5.92 Å². The van der Waals surface area contributed by atoms with Gasteiger partial charge in [-0.3, -0.25) is 0 Å². The van der Waals surface area contributed by atoms with Gasteiger partial charge in [-0.2, -0.15) is 0 Å². The third-order valence-electron chi connectivity index (χ3n) is 6.28. The third kappa shape index (κ3) is 5.54. The molecular formula is C26H35NO2. The molecule has 1 saturated carbocycles. The summed E-state index contributed by atoms with van der Waals surface area (Å²) in [7, 11) is 0. The molecule has 2 aromatic carbocycles. The molecular weight excluding hydrogens is 358 g/mol. The van der Waals surface area contributed by atoms with E-state index in [2.05, 4.69) is 67.7 Å². The van der Waals surface area contributed by atoms with Crippen LogP contribution in [0.5, 0.6) is 11.5 Å². The normalized spacial score (nSPS) is 24.0. The Morgan fingerprint density at radius 2 is 1.79 bits per heavy atom. The van der Waals surface area contributed by atoms with Gasteiger partial charge in [-0.25, -0.2) is 0 Å². The monoisotopic (exact) mass is 393 g/mol. The van der Waals surface area contributed by atoms with Crippen molar-refractivity contribution in [3.05, 3.63) is 59.7 Å². The number of aryl methyl sites for hydroxylation is 1. The zero-order valence-electron chi connectivity index (χ0n) is 17.9. The molecule has 0 amide bonds. The van der Waals surface area contributed by atoms with Gasteiger partial charge in [0.05, 0.1) is 6.10 Å². The van der Waals surface area contributed by atoms with Crippen molar-refractivity contribution in [2.45, 2.75) is 77.0 Å². The van der Waals surface area contributed by atoms with E-state index in [1.165, 1.54) is 30.4 Å². The Kier molecular flexibility index (Phi) is 6.76. The van der Waals surface area contributed by atoms with Crippen LogP contribution in [0.4, 0.5) is 0 Å². The van der Waals surface area contributed by atoms with E-state index >= 15 is 0 Å². The first-order valence-corrected chi connectivity index (χ1v) is 11.4. The van der Waals surface area contributed by atoms with Crippen molar-refractivity contribution in [1.29, 1.82) is 0 Å². The van der Waals surface area contributed by atoms with Gasteiger partial charge in [-0.05, 0) is 86.7 Å². The summed E-state index contributed by atoms with van der Waals surface area (Å²) in [6, 6.07) is 17.6. The first-order valence-electron chi connectivity index (χ1n) is 11.4. The molecule has 0 radical (unpaired) electrons. The van der Waals surface area contributed by atoms with Crippen molar-refractivity contribution in [2.75, 3.05) is 6.54 Å². The summed E-state index contributed by atoms with van der Waals surface area (Å²) in [5.41, 5.74) is 2.54. The van der Waals surface area contributed by atoms with E-state index < -0.39 is 0 Å². The summed E-state index contributed by atoms with van der Waals surface area (Å²) in [4.78, 5) is 0. The molecule has 1 N–H and O–H groups in total. The Morgan fingerprint density at radius 1 is 1.00 bits per heavy atom. The van der Waals surface area contributed by atoms with Gasteiger partial charge in [0.25, 0.3) is 0 Å². The molecule has 3 nitrogen and oxygen atoms in total. The van der Waals surface area contributed by atoms with Crippen molar-refractivity contribution < 1.29 is 9.47 Å². The van der Waals surface area contributed by atoms with Gasteiger partial charge in [0.15, 0.2) is 0 Å². The van der Waals surface area contributed by atoms with E-state index in [9.17, 15) is 0 Å². The highest BCUT2D eigenvalue weighted by molar-refractivity contribution is 5.42. The molecule has 1 heterocycles. The first-order chi connectivity index (χ1) is 14.2. The number of fused-ring (bicyclic) bond motifs is 1. The Bertz CT molecular complexity index is 766. The van der Waals surface area contributed by atoms with Crippen LogP contribution in [0.15, 0.2) is 48.5 Å². The molecule has 1 unspecified atom stereocenters. The maximum atomic E-state index is 6.34. The van der Waals surface area contributed by atoms with Gasteiger partial charge in [0, 0.05) is 6.04 Å². The van der Waals surface area contributed by atoms with Crippen LogP contribution < -0.4 is 14.8 Å². The molecule has 156 valence electrons. The van der Waals surface area contributed by atoms with Crippen LogP contribution in [0.25, 0.3) is 0 Å². The zero-order valence-corrected chi connectivity index (χ0v) is 17.9. The number of rotatable bonds is 7. The largest absolute Gasteiger partial charge is 0.490 e. The third-order valence-corrected chi connectivity index (χ3v) is 6.28. The van der Waals surface area contributed by atoms with Gasteiger partial charge in [-0.15, -0.1) is 0 Å². The minimum absolute atomic E-state index is 0.161. The van der Waals surface area contributed by atoms with Crippen molar-refractivity contribution >= 4 is 0 Å². The summed E-state index contributed by atoms with van der Waals surface area (Å²) < 4.78 is 12.6. The van der Waals surface area contributed by atoms with E-state index in [0.717, 1.165) is 49.6 Å². The minimum Gasteiger partial charge on any atom is -0.490 e. The van der Waals surface area contributed by atoms with Crippen molar-refractivity contribution in [3.8, 4) is 11.5 Å². The number of hydrogen-bond donors (Lipinski definition) is 1. The molecule has 0 saturated heterocycles. The van der Waals surface area contributed by atoms with Crippen molar-refractivity contribution in [3.63, 3.8) is 0 Å². The van der Waals surface area contributed by atoms with E-state index in [1.54, 1.807) is 0 Å².